The first-order chi connectivity index (χ1) is 5.83. The van der Waals surface area contributed by atoms with Gasteiger partial charge in [0.1, 0.15) is 0 Å². The molecule has 2 atom stereocenters. The van der Waals surface area contributed by atoms with Gasteiger partial charge in [0.15, 0.2) is 0 Å². The molecule has 0 unspecified atom stereocenters. The van der Waals surface area contributed by atoms with Crippen molar-refractivity contribution >= 4 is 0 Å². The molecule has 0 amide bonds. The first kappa shape index (κ1) is 7.81. The maximum atomic E-state index is 5.82. The fourth-order valence-corrected chi connectivity index (χ4v) is 1.79. The summed E-state index contributed by atoms with van der Waals surface area (Å²) in [4.78, 5) is 0. The summed E-state index contributed by atoms with van der Waals surface area (Å²) in [5.41, 5.74) is 8.77. The van der Waals surface area contributed by atoms with Crippen molar-refractivity contribution in [3.05, 3.63) is 35.4 Å². The predicted molar refractivity (Wildman–Crippen MR) is 51.2 cm³/mol. The van der Waals surface area contributed by atoms with Gasteiger partial charge < -0.3 is 5.73 Å². The highest BCUT2D eigenvalue weighted by molar-refractivity contribution is 5.35. The fraction of sp³-hybridized carbons (Fsp3) is 0.455. The van der Waals surface area contributed by atoms with Crippen LogP contribution in [0.4, 0.5) is 0 Å². The summed E-state index contributed by atoms with van der Waals surface area (Å²) in [5, 5.41) is 0. The van der Waals surface area contributed by atoms with E-state index in [4.69, 9.17) is 5.73 Å². The first-order valence-corrected chi connectivity index (χ1v) is 4.66. The van der Waals surface area contributed by atoms with Crippen molar-refractivity contribution in [2.24, 2.45) is 5.73 Å². The van der Waals surface area contributed by atoms with Gasteiger partial charge in [-0.25, -0.2) is 0 Å². The highest BCUT2D eigenvalue weighted by atomic mass is 14.7. The van der Waals surface area contributed by atoms with Crippen molar-refractivity contribution in [3.8, 4) is 0 Å². The second-order valence-electron chi connectivity index (χ2n) is 3.56. The molecule has 0 bridgehead atoms. The van der Waals surface area contributed by atoms with E-state index in [0.717, 1.165) is 6.42 Å². The summed E-state index contributed by atoms with van der Waals surface area (Å²) < 4.78 is 0. The molecule has 1 heteroatoms. The molecule has 64 valence electrons. The zero-order valence-corrected chi connectivity index (χ0v) is 7.46. The topological polar surface area (TPSA) is 26.0 Å². The van der Waals surface area contributed by atoms with E-state index in [-0.39, 0.29) is 0 Å². The second-order valence-corrected chi connectivity index (χ2v) is 3.56. The summed E-state index contributed by atoms with van der Waals surface area (Å²) >= 11 is 0. The molecule has 1 nitrogen and oxygen atoms in total. The summed E-state index contributed by atoms with van der Waals surface area (Å²) in [6, 6.07) is 9.07. The van der Waals surface area contributed by atoms with E-state index in [0.29, 0.717) is 12.0 Å². The van der Waals surface area contributed by atoms with Crippen LogP contribution in [0.5, 0.6) is 0 Å². The number of nitrogens with two attached hydrogens (primary N) is 1. The highest BCUT2D eigenvalue weighted by Gasteiger charge is 2.35. The Morgan fingerprint density at radius 3 is 2.67 bits per heavy atom. The largest absolute Gasteiger partial charge is 0.327 e. The van der Waals surface area contributed by atoms with Crippen molar-refractivity contribution in [2.45, 2.75) is 31.7 Å². The van der Waals surface area contributed by atoms with Crippen molar-refractivity contribution < 1.29 is 0 Å². The number of benzene rings is 1. The van der Waals surface area contributed by atoms with Crippen LogP contribution in [0.3, 0.4) is 0 Å². The van der Waals surface area contributed by atoms with Gasteiger partial charge in [0.2, 0.25) is 0 Å². The van der Waals surface area contributed by atoms with Gasteiger partial charge in [0.05, 0.1) is 0 Å². The van der Waals surface area contributed by atoms with Gasteiger partial charge in [0, 0.05) is 12.0 Å². The van der Waals surface area contributed by atoms with Crippen molar-refractivity contribution in [1.82, 2.24) is 0 Å². The smallest absolute Gasteiger partial charge is 0.0115 e. The lowest BCUT2D eigenvalue weighted by molar-refractivity contribution is 0.960. The van der Waals surface area contributed by atoms with Crippen molar-refractivity contribution in [3.63, 3.8) is 0 Å². The zero-order chi connectivity index (χ0) is 8.55. The van der Waals surface area contributed by atoms with Gasteiger partial charge in [-0.2, -0.15) is 0 Å². The van der Waals surface area contributed by atoms with Gasteiger partial charge in [0.25, 0.3) is 0 Å². The van der Waals surface area contributed by atoms with Gasteiger partial charge in [-0.1, -0.05) is 31.2 Å². The third-order valence-electron chi connectivity index (χ3n) is 2.68. The minimum absolute atomic E-state index is 0.428. The van der Waals surface area contributed by atoms with Crippen LogP contribution in [0.15, 0.2) is 24.3 Å². The Morgan fingerprint density at radius 1 is 1.42 bits per heavy atom. The lowest BCUT2D eigenvalue weighted by Crippen LogP contribution is -2.02. The van der Waals surface area contributed by atoms with Crippen LogP contribution in [0.25, 0.3) is 0 Å². The summed E-state index contributed by atoms with van der Waals surface area (Å²) in [5.74, 6) is 0.654. The minimum Gasteiger partial charge on any atom is -0.327 e. The molecule has 1 aromatic rings. The Kier molecular flexibility index (Phi) is 1.89. The molecule has 1 aromatic carbocycles. The maximum Gasteiger partial charge on any atom is 0.0115 e. The molecular formula is C11H15N. The molecule has 0 aliphatic heterocycles. The number of hydrogen-bond acceptors (Lipinski definition) is 1. The average Bonchev–Trinajstić information content (AvgIpc) is 2.83. The van der Waals surface area contributed by atoms with Crippen LogP contribution in [0.2, 0.25) is 0 Å². The zero-order valence-electron chi connectivity index (χ0n) is 7.46. The Labute approximate surface area is 73.6 Å². The third kappa shape index (κ3) is 1.25. The molecule has 2 N–H and O–H groups in total. The van der Waals surface area contributed by atoms with Gasteiger partial charge in [-0.05, 0) is 24.0 Å². The molecule has 12 heavy (non-hydrogen) atoms. The highest BCUT2D eigenvalue weighted by Crippen LogP contribution is 2.40. The maximum absolute atomic E-state index is 5.82. The van der Waals surface area contributed by atoms with Gasteiger partial charge in [-0.3, -0.25) is 0 Å². The SMILES string of the molecule is CCc1ccccc1[C@H]1C[C@H]1N. The third-order valence-corrected chi connectivity index (χ3v) is 2.68. The molecule has 0 aromatic heterocycles. The van der Waals surface area contributed by atoms with Crippen LogP contribution >= 0.6 is 0 Å². The van der Waals surface area contributed by atoms with E-state index in [1.807, 2.05) is 0 Å². The lowest BCUT2D eigenvalue weighted by atomic mass is 10.0. The van der Waals surface area contributed by atoms with Gasteiger partial charge in [-0.15, -0.1) is 0 Å². The Hall–Kier alpha value is -0.820. The van der Waals surface area contributed by atoms with E-state index in [2.05, 4.69) is 31.2 Å². The number of rotatable bonds is 2. The molecular weight excluding hydrogens is 146 g/mol. The molecule has 1 saturated carbocycles. The first-order valence-electron chi connectivity index (χ1n) is 4.66. The predicted octanol–water partition coefficient (Wildman–Crippen LogP) is 2.06. The fourth-order valence-electron chi connectivity index (χ4n) is 1.79. The number of aryl methyl sites for hydroxylation is 1. The van der Waals surface area contributed by atoms with E-state index >= 15 is 0 Å². The van der Waals surface area contributed by atoms with E-state index in [1.54, 1.807) is 0 Å². The second kappa shape index (κ2) is 2.91. The molecule has 2 rings (SSSR count). The molecule has 0 radical (unpaired) electrons. The standard InChI is InChI=1S/C11H15N/c1-2-8-5-3-4-6-9(8)10-7-11(10)12/h3-6,10-11H,2,7,12H2,1H3/t10-,11-/m1/s1. The van der Waals surface area contributed by atoms with Crippen LogP contribution in [-0.4, -0.2) is 6.04 Å². The molecule has 0 heterocycles. The average molecular weight is 161 g/mol. The molecule has 1 aliphatic carbocycles. The summed E-state index contributed by atoms with van der Waals surface area (Å²) in [7, 11) is 0. The normalized spacial score (nSPS) is 27.2. The monoisotopic (exact) mass is 161 g/mol. The molecule has 1 aliphatic rings. The van der Waals surface area contributed by atoms with E-state index < -0.39 is 0 Å². The Balaban J connectivity index is 2.29. The molecule has 0 saturated heterocycles. The van der Waals surface area contributed by atoms with Crippen LogP contribution in [0, 0.1) is 0 Å². The Morgan fingerprint density at radius 2 is 2.08 bits per heavy atom. The van der Waals surface area contributed by atoms with Crippen LogP contribution < -0.4 is 5.73 Å². The quantitative estimate of drug-likeness (QED) is 0.706. The molecule has 0 spiro atoms. The van der Waals surface area contributed by atoms with Crippen LogP contribution in [0.1, 0.15) is 30.4 Å². The summed E-state index contributed by atoms with van der Waals surface area (Å²) in [6.07, 6.45) is 2.30. The van der Waals surface area contributed by atoms with Crippen molar-refractivity contribution in [2.75, 3.05) is 0 Å². The summed E-state index contributed by atoms with van der Waals surface area (Å²) in [6.45, 7) is 2.20. The number of hydrogen-bond donors (Lipinski definition) is 1. The Bertz CT molecular complexity index is 280. The molecule has 1 fully saturated rings. The van der Waals surface area contributed by atoms with E-state index in [9.17, 15) is 0 Å². The van der Waals surface area contributed by atoms with Gasteiger partial charge >= 0.3 is 0 Å². The van der Waals surface area contributed by atoms with E-state index in [1.165, 1.54) is 17.5 Å². The lowest BCUT2D eigenvalue weighted by Gasteiger charge is -2.05. The minimum atomic E-state index is 0.428. The van der Waals surface area contributed by atoms with Crippen molar-refractivity contribution in [1.29, 1.82) is 0 Å². The van der Waals surface area contributed by atoms with Crippen LogP contribution in [-0.2, 0) is 6.42 Å².